The zero-order valence-electron chi connectivity index (χ0n) is 12.1. The summed E-state index contributed by atoms with van der Waals surface area (Å²) in [5.41, 5.74) is 0.205. The first-order valence-corrected chi connectivity index (χ1v) is 7.33. The van der Waals surface area contributed by atoms with E-state index in [1.54, 1.807) is 13.8 Å². The van der Waals surface area contributed by atoms with Gasteiger partial charge in [0.15, 0.2) is 0 Å². The predicted octanol–water partition coefficient (Wildman–Crippen LogP) is 4.45. The van der Waals surface area contributed by atoms with Crippen molar-refractivity contribution in [3.05, 3.63) is 74.2 Å². The third-order valence-corrected chi connectivity index (χ3v) is 3.88. The van der Waals surface area contributed by atoms with Gasteiger partial charge in [-0.1, -0.05) is 34.1 Å². The number of benzene rings is 2. The minimum atomic E-state index is -0.834. The van der Waals surface area contributed by atoms with Gasteiger partial charge in [-0.25, -0.2) is 4.79 Å². The standard InChI is InChI=1S/C16H14BrNO4/c1-16(2,13-5-3-4-6-14(13)17)22-15(19)11-7-9-12(10-8-11)18(20)21/h3-10H,1-2H3. The molecule has 0 N–H and O–H groups in total. The van der Waals surface area contributed by atoms with Crippen molar-refractivity contribution in [3.8, 4) is 0 Å². The molecule has 0 bridgehead atoms. The van der Waals surface area contributed by atoms with Crippen molar-refractivity contribution < 1.29 is 14.5 Å². The van der Waals surface area contributed by atoms with E-state index in [4.69, 9.17) is 4.74 Å². The van der Waals surface area contributed by atoms with Gasteiger partial charge in [-0.15, -0.1) is 0 Å². The molecule has 0 radical (unpaired) electrons. The Hall–Kier alpha value is -2.21. The molecule has 2 aromatic rings. The van der Waals surface area contributed by atoms with Crippen LogP contribution >= 0.6 is 15.9 Å². The number of halogens is 1. The lowest BCUT2D eigenvalue weighted by Gasteiger charge is -2.26. The molecule has 2 aromatic carbocycles. The Morgan fingerprint density at radius 1 is 1.14 bits per heavy atom. The SMILES string of the molecule is CC(C)(OC(=O)c1ccc([N+](=O)[O-])cc1)c1ccccc1Br. The van der Waals surface area contributed by atoms with Gasteiger partial charge in [0, 0.05) is 22.2 Å². The Morgan fingerprint density at radius 3 is 2.27 bits per heavy atom. The molecular formula is C16H14BrNO4. The molecule has 2 rings (SSSR count). The largest absolute Gasteiger partial charge is 0.451 e. The summed E-state index contributed by atoms with van der Waals surface area (Å²) in [5.74, 6) is -0.532. The van der Waals surface area contributed by atoms with Crippen LogP contribution in [-0.4, -0.2) is 10.9 Å². The maximum absolute atomic E-state index is 12.2. The lowest BCUT2D eigenvalue weighted by Crippen LogP contribution is -2.26. The molecule has 0 spiro atoms. The van der Waals surface area contributed by atoms with Crippen molar-refractivity contribution in [1.82, 2.24) is 0 Å². The zero-order chi connectivity index (χ0) is 16.3. The van der Waals surface area contributed by atoms with E-state index in [0.29, 0.717) is 0 Å². The van der Waals surface area contributed by atoms with Crippen LogP contribution in [0.2, 0.25) is 0 Å². The van der Waals surface area contributed by atoms with Gasteiger partial charge in [0.25, 0.3) is 5.69 Å². The molecule has 0 fully saturated rings. The van der Waals surface area contributed by atoms with Crippen LogP contribution in [0.4, 0.5) is 5.69 Å². The monoisotopic (exact) mass is 363 g/mol. The highest BCUT2D eigenvalue weighted by atomic mass is 79.9. The molecule has 0 aliphatic carbocycles. The maximum Gasteiger partial charge on any atom is 0.339 e. The van der Waals surface area contributed by atoms with E-state index in [2.05, 4.69) is 15.9 Å². The van der Waals surface area contributed by atoms with Gasteiger partial charge in [-0.05, 0) is 32.0 Å². The molecule has 0 amide bonds. The van der Waals surface area contributed by atoms with E-state index in [1.807, 2.05) is 24.3 Å². The highest BCUT2D eigenvalue weighted by molar-refractivity contribution is 9.10. The van der Waals surface area contributed by atoms with Crippen LogP contribution < -0.4 is 0 Å². The average Bonchev–Trinajstić information content (AvgIpc) is 2.47. The highest BCUT2D eigenvalue weighted by Crippen LogP contribution is 2.31. The van der Waals surface area contributed by atoms with Gasteiger partial charge in [-0.2, -0.15) is 0 Å². The van der Waals surface area contributed by atoms with Crippen LogP contribution in [0.1, 0.15) is 29.8 Å². The number of nitro benzene ring substituents is 1. The molecule has 114 valence electrons. The van der Waals surface area contributed by atoms with Gasteiger partial charge in [0.2, 0.25) is 0 Å². The van der Waals surface area contributed by atoms with E-state index >= 15 is 0 Å². The second-order valence-electron chi connectivity index (χ2n) is 5.18. The normalized spacial score (nSPS) is 11.0. The van der Waals surface area contributed by atoms with Crippen LogP contribution in [0, 0.1) is 10.1 Å². The topological polar surface area (TPSA) is 69.4 Å². The molecule has 6 heteroatoms. The summed E-state index contributed by atoms with van der Waals surface area (Å²) in [4.78, 5) is 22.3. The molecule has 5 nitrogen and oxygen atoms in total. The zero-order valence-corrected chi connectivity index (χ0v) is 13.7. The van der Waals surface area contributed by atoms with E-state index in [1.165, 1.54) is 24.3 Å². The smallest absolute Gasteiger partial charge is 0.339 e. The molecule has 0 saturated heterocycles. The summed E-state index contributed by atoms with van der Waals surface area (Å²) >= 11 is 3.44. The molecule has 22 heavy (non-hydrogen) atoms. The third kappa shape index (κ3) is 3.51. The molecule has 0 aromatic heterocycles. The minimum absolute atomic E-state index is 0.0679. The number of non-ortho nitro benzene ring substituents is 1. The summed E-state index contributed by atoms with van der Waals surface area (Å²) in [6.45, 7) is 3.58. The van der Waals surface area contributed by atoms with Gasteiger partial charge < -0.3 is 4.74 Å². The van der Waals surface area contributed by atoms with Crippen LogP contribution in [0.15, 0.2) is 53.0 Å². The third-order valence-electron chi connectivity index (χ3n) is 3.18. The number of carbonyl (C=O) groups is 1. The Kier molecular flexibility index (Phi) is 4.61. The first kappa shape index (κ1) is 16.2. The number of carbonyl (C=O) groups excluding carboxylic acids is 1. The number of rotatable bonds is 4. The number of ether oxygens (including phenoxy) is 1. The van der Waals surface area contributed by atoms with Crippen molar-refractivity contribution >= 4 is 27.6 Å². The van der Waals surface area contributed by atoms with Crippen LogP contribution in [0.25, 0.3) is 0 Å². The molecule has 0 heterocycles. The fourth-order valence-electron chi connectivity index (χ4n) is 2.01. The summed E-state index contributed by atoms with van der Waals surface area (Å²) < 4.78 is 6.40. The highest BCUT2D eigenvalue weighted by Gasteiger charge is 2.28. The molecule has 0 saturated carbocycles. The number of nitro groups is 1. The van der Waals surface area contributed by atoms with Crippen LogP contribution in [-0.2, 0) is 10.3 Å². The van der Waals surface area contributed by atoms with Gasteiger partial charge >= 0.3 is 5.97 Å². The summed E-state index contributed by atoms with van der Waals surface area (Å²) in [6, 6.07) is 12.8. The fourth-order valence-corrected chi connectivity index (χ4v) is 2.78. The molecule has 0 unspecified atom stereocenters. The van der Waals surface area contributed by atoms with Crippen molar-refractivity contribution in [2.75, 3.05) is 0 Å². The first-order chi connectivity index (χ1) is 10.3. The van der Waals surface area contributed by atoms with E-state index < -0.39 is 16.5 Å². The van der Waals surface area contributed by atoms with Crippen molar-refractivity contribution in [1.29, 1.82) is 0 Å². The number of nitrogens with zero attached hydrogens (tertiary/aromatic N) is 1. The van der Waals surface area contributed by atoms with E-state index in [0.717, 1.165) is 10.0 Å². The Morgan fingerprint density at radius 2 is 1.73 bits per heavy atom. The van der Waals surface area contributed by atoms with Gasteiger partial charge in [-0.3, -0.25) is 10.1 Å². The lowest BCUT2D eigenvalue weighted by atomic mass is 9.98. The molecule has 0 aliphatic rings. The molecular weight excluding hydrogens is 350 g/mol. The second-order valence-corrected chi connectivity index (χ2v) is 6.04. The molecule has 0 aliphatic heterocycles. The van der Waals surface area contributed by atoms with Crippen LogP contribution in [0.3, 0.4) is 0 Å². The Labute approximate surface area is 136 Å². The van der Waals surface area contributed by atoms with Crippen LogP contribution in [0.5, 0.6) is 0 Å². The number of hydrogen-bond donors (Lipinski definition) is 0. The van der Waals surface area contributed by atoms with Crippen molar-refractivity contribution in [2.45, 2.75) is 19.4 Å². The molecule has 0 atom stereocenters. The summed E-state index contributed by atoms with van der Waals surface area (Å²) in [5, 5.41) is 10.6. The number of hydrogen-bond acceptors (Lipinski definition) is 4. The second kappa shape index (κ2) is 6.27. The Balaban J connectivity index is 2.20. The van der Waals surface area contributed by atoms with Crippen molar-refractivity contribution in [2.24, 2.45) is 0 Å². The maximum atomic E-state index is 12.2. The van der Waals surface area contributed by atoms with E-state index in [-0.39, 0.29) is 11.3 Å². The van der Waals surface area contributed by atoms with E-state index in [9.17, 15) is 14.9 Å². The van der Waals surface area contributed by atoms with Crippen molar-refractivity contribution in [3.63, 3.8) is 0 Å². The summed E-state index contributed by atoms with van der Waals surface area (Å²) in [7, 11) is 0. The van der Waals surface area contributed by atoms with Gasteiger partial charge in [0.1, 0.15) is 5.60 Å². The van der Waals surface area contributed by atoms with Gasteiger partial charge in [0.05, 0.1) is 10.5 Å². The lowest BCUT2D eigenvalue weighted by molar-refractivity contribution is -0.384. The summed E-state index contributed by atoms with van der Waals surface area (Å²) in [6.07, 6.45) is 0. The first-order valence-electron chi connectivity index (χ1n) is 6.54. The average molecular weight is 364 g/mol. The minimum Gasteiger partial charge on any atom is -0.451 e. The fraction of sp³-hybridized carbons (Fsp3) is 0.188. The number of esters is 1. The quantitative estimate of drug-likeness (QED) is 0.457. The predicted molar refractivity (Wildman–Crippen MR) is 85.7 cm³/mol. The Bertz CT molecular complexity index is 710.